The second kappa shape index (κ2) is 2.90. The Morgan fingerprint density at radius 3 is 2.46 bits per heavy atom. The molecule has 1 N–H and O–H groups in total. The summed E-state index contributed by atoms with van der Waals surface area (Å²) in [6, 6.07) is 7.73. The van der Waals surface area contributed by atoms with Crippen LogP contribution in [0, 0.1) is 6.92 Å². The molecule has 0 amide bonds. The molecule has 0 radical (unpaired) electrons. The van der Waals surface area contributed by atoms with Crippen molar-refractivity contribution >= 4 is 0 Å². The van der Waals surface area contributed by atoms with Gasteiger partial charge in [0.05, 0.1) is 5.69 Å². The van der Waals surface area contributed by atoms with Crippen LogP contribution in [0.2, 0.25) is 0 Å². The van der Waals surface area contributed by atoms with Crippen molar-refractivity contribution in [2.24, 2.45) is 0 Å². The first-order chi connectivity index (χ1) is 6.25. The van der Waals surface area contributed by atoms with E-state index in [9.17, 15) is 0 Å². The predicted octanol–water partition coefficient (Wildman–Crippen LogP) is 1.28. The third-order valence-electron chi connectivity index (χ3n) is 1.74. The fourth-order valence-corrected chi connectivity index (χ4v) is 1.06. The van der Waals surface area contributed by atoms with Crippen molar-refractivity contribution in [1.29, 1.82) is 0 Å². The average Bonchev–Trinajstić information content (AvgIpc) is 2.53. The van der Waals surface area contributed by atoms with Crippen molar-refractivity contribution in [3.05, 3.63) is 36.0 Å². The van der Waals surface area contributed by atoms with Crippen molar-refractivity contribution in [2.75, 3.05) is 0 Å². The van der Waals surface area contributed by atoms with Gasteiger partial charge in [0.1, 0.15) is 6.20 Å². The van der Waals surface area contributed by atoms with Crippen LogP contribution in [0.15, 0.2) is 30.5 Å². The van der Waals surface area contributed by atoms with Crippen LogP contribution in [0.4, 0.5) is 0 Å². The van der Waals surface area contributed by atoms with E-state index in [1.165, 1.54) is 16.6 Å². The molecule has 1 aromatic heterocycles. The smallest absolute Gasteiger partial charge is 0.251 e. The van der Waals surface area contributed by atoms with E-state index in [2.05, 4.69) is 10.2 Å². The molecule has 0 unspecified atom stereocenters. The molecule has 0 saturated heterocycles. The fourth-order valence-electron chi connectivity index (χ4n) is 1.06. The largest absolute Gasteiger partial charge is 0.491 e. The molecule has 0 atom stereocenters. The number of hydrogen-bond donors (Lipinski definition) is 1. The van der Waals surface area contributed by atoms with Gasteiger partial charge < -0.3 is 5.11 Å². The first-order valence-corrected chi connectivity index (χ1v) is 3.94. The van der Waals surface area contributed by atoms with E-state index < -0.39 is 0 Å². The average molecular weight is 175 g/mol. The number of rotatable bonds is 1. The van der Waals surface area contributed by atoms with Crippen LogP contribution in [-0.2, 0) is 0 Å². The lowest BCUT2D eigenvalue weighted by Gasteiger charge is -1.98. The van der Waals surface area contributed by atoms with Crippen molar-refractivity contribution in [3.8, 4) is 11.6 Å². The maximum absolute atomic E-state index is 8.97. The zero-order chi connectivity index (χ0) is 9.26. The first kappa shape index (κ1) is 7.79. The van der Waals surface area contributed by atoms with E-state index in [-0.39, 0.29) is 5.88 Å². The second-order valence-electron chi connectivity index (χ2n) is 2.83. The Kier molecular flexibility index (Phi) is 1.73. The number of hydrogen-bond acceptors (Lipinski definition) is 3. The van der Waals surface area contributed by atoms with Gasteiger partial charge >= 0.3 is 0 Å². The summed E-state index contributed by atoms with van der Waals surface area (Å²) in [7, 11) is 0. The molecule has 0 bridgehead atoms. The zero-order valence-electron chi connectivity index (χ0n) is 7.18. The predicted molar refractivity (Wildman–Crippen MR) is 47.8 cm³/mol. The topological polar surface area (TPSA) is 50.9 Å². The van der Waals surface area contributed by atoms with Gasteiger partial charge in [-0.3, -0.25) is 0 Å². The quantitative estimate of drug-likeness (QED) is 0.710. The molecule has 0 fully saturated rings. The number of aromatic hydroxyl groups is 1. The van der Waals surface area contributed by atoms with Gasteiger partial charge in [0.15, 0.2) is 0 Å². The number of nitrogens with zero attached hydrogens (tertiary/aromatic N) is 3. The molecule has 66 valence electrons. The lowest BCUT2D eigenvalue weighted by Crippen LogP contribution is -1.97. The number of benzene rings is 1. The van der Waals surface area contributed by atoms with Crippen LogP contribution >= 0.6 is 0 Å². The highest BCUT2D eigenvalue weighted by Gasteiger charge is 1.99. The highest BCUT2D eigenvalue weighted by Crippen LogP contribution is 2.08. The molecule has 13 heavy (non-hydrogen) atoms. The Labute approximate surface area is 75.4 Å². The van der Waals surface area contributed by atoms with Crippen molar-refractivity contribution in [3.63, 3.8) is 0 Å². The van der Waals surface area contributed by atoms with Gasteiger partial charge in [0.25, 0.3) is 5.88 Å². The molecule has 1 heterocycles. The summed E-state index contributed by atoms with van der Waals surface area (Å²) in [4.78, 5) is 1.38. The van der Waals surface area contributed by atoms with Gasteiger partial charge in [-0.2, -0.15) is 5.10 Å². The summed E-state index contributed by atoms with van der Waals surface area (Å²) < 4.78 is 0. The third kappa shape index (κ3) is 1.51. The van der Waals surface area contributed by atoms with Gasteiger partial charge in [0.2, 0.25) is 0 Å². The first-order valence-electron chi connectivity index (χ1n) is 3.94. The Balaban J connectivity index is 2.41. The Morgan fingerprint density at radius 1 is 1.23 bits per heavy atom. The normalized spacial score (nSPS) is 10.2. The van der Waals surface area contributed by atoms with E-state index in [0.29, 0.717) is 0 Å². The van der Waals surface area contributed by atoms with Gasteiger partial charge in [-0.25, -0.2) is 0 Å². The summed E-state index contributed by atoms with van der Waals surface area (Å²) in [5, 5.41) is 16.6. The Morgan fingerprint density at radius 2 is 1.92 bits per heavy atom. The maximum Gasteiger partial charge on any atom is 0.251 e. The highest BCUT2D eigenvalue weighted by molar-refractivity contribution is 5.32. The summed E-state index contributed by atoms with van der Waals surface area (Å²) in [6.07, 6.45) is 1.31. The molecular weight excluding hydrogens is 166 g/mol. The van der Waals surface area contributed by atoms with Crippen LogP contribution in [0.1, 0.15) is 5.56 Å². The van der Waals surface area contributed by atoms with E-state index in [4.69, 9.17) is 5.11 Å². The third-order valence-corrected chi connectivity index (χ3v) is 1.74. The Hall–Kier alpha value is -1.84. The second-order valence-corrected chi connectivity index (χ2v) is 2.83. The summed E-state index contributed by atoms with van der Waals surface area (Å²) in [5.41, 5.74) is 2.02. The van der Waals surface area contributed by atoms with Crippen LogP contribution < -0.4 is 0 Å². The monoisotopic (exact) mass is 175 g/mol. The van der Waals surface area contributed by atoms with Gasteiger partial charge in [-0.05, 0) is 19.1 Å². The zero-order valence-corrected chi connectivity index (χ0v) is 7.18. The fraction of sp³-hybridized carbons (Fsp3) is 0.111. The highest BCUT2D eigenvalue weighted by atomic mass is 16.3. The van der Waals surface area contributed by atoms with E-state index >= 15 is 0 Å². The lowest BCUT2D eigenvalue weighted by molar-refractivity contribution is 0.447. The molecule has 1 aromatic carbocycles. The summed E-state index contributed by atoms with van der Waals surface area (Å²) in [6.45, 7) is 2.01. The molecule has 2 aromatic rings. The Bertz CT molecular complexity index is 405. The molecule has 2 rings (SSSR count). The molecule has 4 heteroatoms. The van der Waals surface area contributed by atoms with E-state index in [1.54, 1.807) is 0 Å². The summed E-state index contributed by atoms with van der Waals surface area (Å²) in [5.74, 6) is -0.0689. The summed E-state index contributed by atoms with van der Waals surface area (Å²) >= 11 is 0. The minimum atomic E-state index is -0.0689. The maximum atomic E-state index is 8.97. The van der Waals surface area contributed by atoms with Crippen LogP contribution in [0.3, 0.4) is 0 Å². The van der Waals surface area contributed by atoms with Gasteiger partial charge in [-0.1, -0.05) is 17.7 Å². The molecule has 0 spiro atoms. The van der Waals surface area contributed by atoms with Crippen LogP contribution in [-0.4, -0.2) is 20.1 Å². The minimum absolute atomic E-state index is 0.0689. The van der Waals surface area contributed by atoms with E-state index in [0.717, 1.165) is 5.69 Å². The van der Waals surface area contributed by atoms with Crippen molar-refractivity contribution < 1.29 is 5.11 Å². The standard InChI is InChI=1S/C9H9N3O/c1-7-2-4-8(5-3-7)12-10-6-9(13)11-12/h2-6H,1H3,(H,11,13). The molecule has 0 aliphatic carbocycles. The SMILES string of the molecule is Cc1ccc(-n2ncc(O)n2)cc1. The van der Waals surface area contributed by atoms with Gasteiger partial charge in [0, 0.05) is 0 Å². The molecule has 4 nitrogen and oxygen atoms in total. The number of aromatic nitrogens is 3. The molecular formula is C9H9N3O. The van der Waals surface area contributed by atoms with Gasteiger partial charge in [-0.15, -0.1) is 9.90 Å². The molecule has 0 aliphatic rings. The van der Waals surface area contributed by atoms with Crippen molar-refractivity contribution in [1.82, 2.24) is 15.0 Å². The van der Waals surface area contributed by atoms with Crippen LogP contribution in [0.5, 0.6) is 5.88 Å². The van der Waals surface area contributed by atoms with Crippen LogP contribution in [0.25, 0.3) is 5.69 Å². The molecule has 0 aliphatic heterocycles. The lowest BCUT2D eigenvalue weighted by atomic mass is 10.2. The van der Waals surface area contributed by atoms with E-state index in [1.807, 2.05) is 31.2 Å². The molecule has 0 saturated carbocycles. The number of aryl methyl sites for hydroxylation is 1. The van der Waals surface area contributed by atoms with Crippen molar-refractivity contribution in [2.45, 2.75) is 6.92 Å². The minimum Gasteiger partial charge on any atom is -0.491 e.